The van der Waals surface area contributed by atoms with Gasteiger partial charge in [-0.15, -0.1) is 9.24 Å². The van der Waals surface area contributed by atoms with E-state index < -0.39 is 0 Å². The Morgan fingerprint density at radius 1 is 0.750 bits per heavy atom. The molecule has 0 spiro atoms. The Hall–Kier alpha value is -0.350. The van der Waals surface area contributed by atoms with Gasteiger partial charge < -0.3 is 0 Å². The number of benzene rings is 1. The van der Waals surface area contributed by atoms with Crippen molar-refractivity contribution in [1.29, 1.82) is 0 Å². The van der Waals surface area contributed by atoms with E-state index in [4.69, 9.17) is 0 Å². The summed E-state index contributed by atoms with van der Waals surface area (Å²) in [5, 5.41) is 0. The average Bonchev–Trinajstić information content (AvgIpc) is 2.17. The van der Waals surface area contributed by atoms with Gasteiger partial charge >= 0.3 is 0 Å². The van der Waals surface area contributed by atoms with Gasteiger partial charge in [-0.3, -0.25) is 0 Å². The van der Waals surface area contributed by atoms with Crippen LogP contribution in [-0.2, 0) is 0 Å². The second-order valence-corrected chi connectivity index (χ2v) is 2.15. The quantitative estimate of drug-likeness (QED) is 0.538. The molecule has 1 aromatic carbocycles. The van der Waals surface area contributed by atoms with Gasteiger partial charge in [-0.05, 0) is 13.8 Å². The van der Waals surface area contributed by atoms with Gasteiger partial charge in [0.1, 0.15) is 0 Å². The minimum Gasteiger partial charge on any atom is -0.141 e. The van der Waals surface area contributed by atoms with Gasteiger partial charge in [0.25, 0.3) is 0 Å². The molecule has 0 bridgehead atoms. The summed E-state index contributed by atoms with van der Waals surface area (Å²) in [6.45, 7) is 10.1. The van der Waals surface area contributed by atoms with Crippen LogP contribution < -0.4 is 0 Å². The van der Waals surface area contributed by atoms with Crippen LogP contribution in [-0.4, -0.2) is 6.66 Å². The first-order chi connectivity index (χ1) is 5.79. The Labute approximate surface area is 79.6 Å². The summed E-state index contributed by atoms with van der Waals surface area (Å²) in [6.07, 6.45) is 0. The van der Waals surface area contributed by atoms with Crippen LogP contribution in [0.25, 0.3) is 0 Å². The third kappa shape index (κ3) is 7.75. The maximum absolute atomic E-state index is 2.42. The van der Waals surface area contributed by atoms with Crippen molar-refractivity contribution in [3.8, 4) is 0 Å². The molecule has 0 nitrogen and oxygen atoms in total. The predicted octanol–water partition coefficient (Wildman–Crippen LogP) is 3.82. The maximum atomic E-state index is 2.42. The molecule has 1 unspecified atom stereocenters. The second kappa shape index (κ2) is 10.7. The highest BCUT2D eigenvalue weighted by Crippen LogP contribution is 1.99. The van der Waals surface area contributed by atoms with E-state index in [9.17, 15) is 0 Å². The van der Waals surface area contributed by atoms with Crippen LogP contribution in [0.5, 0.6) is 0 Å². The highest BCUT2D eigenvalue weighted by Gasteiger charge is 1.79. The van der Waals surface area contributed by atoms with Gasteiger partial charge in [0.2, 0.25) is 0 Å². The Morgan fingerprint density at radius 3 is 1.08 bits per heavy atom. The van der Waals surface area contributed by atoms with Crippen LogP contribution >= 0.6 is 9.24 Å². The summed E-state index contributed by atoms with van der Waals surface area (Å²) in [4.78, 5) is 0. The normalized spacial score (nSPS) is 7.17. The van der Waals surface area contributed by atoms with Crippen molar-refractivity contribution in [2.75, 3.05) is 6.66 Å². The molecule has 0 heterocycles. The molecule has 0 amide bonds. The van der Waals surface area contributed by atoms with Gasteiger partial charge in [0, 0.05) is 0 Å². The summed E-state index contributed by atoms with van der Waals surface area (Å²) in [5.41, 5.74) is 2.66. The second-order valence-electron chi connectivity index (χ2n) is 2.15. The molecule has 70 valence electrons. The van der Waals surface area contributed by atoms with E-state index in [-0.39, 0.29) is 0 Å². The van der Waals surface area contributed by atoms with Crippen molar-refractivity contribution in [2.45, 2.75) is 27.7 Å². The summed E-state index contributed by atoms with van der Waals surface area (Å²) < 4.78 is 0. The minimum atomic E-state index is 1.33. The average molecular weight is 184 g/mol. The molecule has 0 aliphatic rings. The lowest BCUT2D eigenvalue weighted by atomic mass is 10.2. The molecule has 0 N–H and O–H groups in total. The van der Waals surface area contributed by atoms with Crippen molar-refractivity contribution in [1.82, 2.24) is 0 Å². The summed E-state index contributed by atoms with van der Waals surface area (Å²) in [5.74, 6) is 0. The zero-order valence-corrected chi connectivity index (χ0v) is 10.0. The van der Waals surface area contributed by atoms with Crippen molar-refractivity contribution in [3.63, 3.8) is 0 Å². The zero-order valence-electron chi connectivity index (χ0n) is 8.89. The number of rotatable bonds is 0. The van der Waals surface area contributed by atoms with E-state index in [0.29, 0.717) is 0 Å². The number of aryl methyl sites for hydroxylation is 2. The minimum absolute atomic E-state index is 1.33. The fourth-order valence-electron chi connectivity index (χ4n) is 0.637. The number of hydrogen-bond acceptors (Lipinski definition) is 0. The van der Waals surface area contributed by atoms with Crippen molar-refractivity contribution in [2.24, 2.45) is 0 Å². The van der Waals surface area contributed by atoms with E-state index in [1.165, 1.54) is 11.1 Å². The fraction of sp³-hybridized carbons (Fsp3) is 0.455. The zero-order chi connectivity index (χ0) is 9.98. The largest absolute Gasteiger partial charge is 0.141 e. The molecule has 1 rings (SSSR count). The van der Waals surface area contributed by atoms with Crippen molar-refractivity contribution in [3.05, 3.63) is 35.4 Å². The number of hydrogen-bond donors (Lipinski definition) is 0. The Morgan fingerprint density at radius 2 is 0.917 bits per heavy atom. The van der Waals surface area contributed by atoms with E-state index in [0.717, 1.165) is 0 Å². The van der Waals surface area contributed by atoms with Crippen LogP contribution in [0.15, 0.2) is 24.3 Å². The first kappa shape index (κ1) is 14.2. The molecule has 0 aromatic heterocycles. The molecule has 12 heavy (non-hydrogen) atoms. The van der Waals surface area contributed by atoms with E-state index in [1.54, 1.807) is 0 Å². The van der Waals surface area contributed by atoms with E-state index in [1.807, 2.05) is 20.5 Å². The van der Waals surface area contributed by atoms with Gasteiger partial charge in [-0.2, -0.15) is 0 Å². The maximum Gasteiger partial charge on any atom is -0.0398 e. The van der Waals surface area contributed by atoms with Crippen LogP contribution in [0.3, 0.4) is 0 Å². The molecule has 0 fully saturated rings. The SMILES string of the molecule is CC.CP.Cc1ccc(C)cc1. The molecule has 0 aliphatic carbocycles. The highest BCUT2D eigenvalue weighted by molar-refractivity contribution is 7.15. The van der Waals surface area contributed by atoms with Crippen molar-refractivity contribution < 1.29 is 0 Å². The third-order valence-corrected chi connectivity index (χ3v) is 1.22. The predicted molar refractivity (Wildman–Crippen MR) is 62.9 cm³/mol. The lowest BCUT2D eigenvalue weighted by Crippen LogP contribution is -1.70. The van der Waals surface area contributed by atoms with Crippen LogP contribution in [0.1, 0.15) is 25.0 Å². The molecule has 0 aliphatic heterocycles. The van der Waals surface area contributed by atoms with E-state index >= 15 is 0 Å². The molecule has 1 atom stereocenters. The van der Waals surface area contributed by atoms with Gasteiger partial charge in [0.15, 0.2) is 0 Å². The van der Waals surface area contributed by atoms with E-state index in [2.05, 4.69) is 47.4 Å². The molecule has 1 aromatic rings. The third-order valence-electron chi connectivity index (χ3n) is 1.22. The van der Waals surface area contributed by atoms with Gasteiger partial charge in [-0.1, -0.05) is 55.9 Å². The molecule has 0 saturated heterocycles. The monoisotopic (exact) mass is 184 g/mol. The first-order valence-electron chi connectivity index (χ1n) is 4.40. The molecular weight excluding hydrogens is 163 g/mol. The van der Waals surface area contributed by atoms with Crippen LogP contribution in [0.2, 0.25) is 0 Å². The molecular formula is C11H21P. The van der Waals surface area contributed by atoms with Crippen LogP contribution in [0, 0.1) is 13.8 Å². The topological polar surface area (TPSA) is 0 Å². The lowest BCUT2D eigenvalue weighted by Gasteiger charge is -1.90. The first-order valence-corrected chi connectivity index (χ1v) is 5.55. The summed E-state index contributed by atoms with van der Waals surface area (Å²) in [7, 11) is 2.42. The van der Waals surface area contributed by atoms with Crippen LogP contribution in [0.4, 0.5) is 0 Å². The van der Waals surface area contributed by atoms with Gasteiger partial charge in [0.05, 0.1) is 0 Å². The Balaban J connectivity index is 0. The highest BCUT2D eigenvalue weighted by atomic mass is 31.0. The standard InChI is InChI=1S/C8H10.C2H6.CH5P/c1-7-3-5-8(2)6-4-7;2*1-2/h3-6H,1-2H3;1-2H3;2H2,1H3. The summed E-state index contributed by atoms with van der Waals surface area (Å²) in [6, 6.07) is 8.48. The Kier molecular flexibility index (Phi) is 12.6. The van der Waals surface area contributed by atoms with Crippen molar-refractivity contribution >= 4 is 9.24 Å². The Bertz CT molecular complexity index is 144. The molecule has 1 heteroatoms. The molecule has 0 saturated carbocycles. The lowest BCUT2D eigenvalue weighted by molar-refractivity contribution is 1.40. The molecule has 0 radical (unpaired) electrons. The fourth-order valence-corrected chi connectivity index (χ4v) is 0.637. The van der Waals surface area contributed by atoms with Gasteiger partial charge in [-0.25, -0.2) is 0 Å². The smallest absolute Gasteiger partial charge is 0.0398 e. The summed E-state index contributed by atoms with van der Waals surface area (Å²) >= 11 is 0.